The Morgan fingerprint density at radius 1 is 1.34 bits per heavy atom. The Hall–Kier alpha value is -2.88. The highest BCUT2D eigenvalue weighted by Crippen LogP contribution is 2.25. The number of nitrogens with zero attached hydrogens (tertiary/aromatic N) is 1. The molecule has 9 nitrogen and oxygen atoms in total. The highest BCUT2D eigenvalue weighted by atomic mass is 32.1. The number of carbonyl (C=O) groups excluding carboxylic acids is 4. The van der Waals surface area contributed by atoms with Gasteiger partial charge >= 0.3 is 6.03 Å². The molecule has 0 aliphatic carbocycles. The predicted octanol–water partition coefficient (Wildman–Crippen LogP) is 1.15. The highest BCUT2D eigenvalue weighted by Gasteiger charge is 2.43. The van der Waals surface area contributed by atoms with Crippen LogP contribution in [0.2, 0.25) is 0 Å². The summed E-state index contributed by atoms with van der Waals surface area (Å²) in [7, 11) is 0. The molecule has 5 N–H and O–H groups in total. The number of carbonyl (C=O) groups is 4. The summed E-state index contributed by atoms with van der Waals surface area (Å²) in [5.41, 5.74) is 5.27. The first kappa shape index (κ1) is 25.4. The number of hydrogen-bond acceptors (Lipinski definition) is 5. The standard InChI is InChI=1S/C22H33N5O4S/c1-5-9-24-21(31)26-15-8-10-27(17(28)13-22(2,3)4)18(15)20(30)25-16(19(23)29)12-14-7-6-11-32-14/h5-7,11,15-16,18H,1,8-10,12-13H2,2-4H3,(H2,23,29)(H,25,30)(H2,24,26,31). The molecule has 0 aromatic carbocycles. The summed E-state index contributed by atoms with van der Waals surface area (Å²) in [5.74, 6) is -1.35. The van der Waals surface area contributed by atoms with Crippen LogP contribution >= 0.6 is 11.3 Å². The number of primary amides is 1. The molecule has 0 bridgehead atoms. The van der Waals surface area contributed by atoms with E-state index in [1.807, 2.05) is 38.3 Å². The molecule has 32 heavy (non-hydrogen) atoms. The summed E-state index contributed by atoms with van der Waals surface area (Å²) in [6.45, 7) is 9.98. The molecule has 10 heteroatoms. The van der Waals surface area contributed by atoms with Crippen molar-refractivity contribution >= 4 is 35.1 Å². The van der Waals surface area contributed by atoms with Crippen LogP contribution in [0.15, 0.2) is 30.2 Å². The molecule has 1 aromatic rings. The van der Waals surface area contributed by atoms with Crippen molar-refractivity contribution in [2.75, 3.05) is 13.1 Å². The minimum absolute atomic E-state index is 0.178. The fourth-order valence-electron chi connectivity index (χ4n) is 3.60. The molecular weight excluding hydrogens is 430 g/mol. The first-order valence-electron chi connectivity index (χ1n) is 10.6. The van der Waals surface area contributed by atoms with Gasteiger partial charge in [-0.1, -0.05) is 32.9 Å². The lowest BCUT2D eigenvalue weighted by molar-refractivity contribution is -0.141. The Bertz CT molecular complexity index is 834. The summed E-state index contributed by atoms with van der Waals surface area (Å²) in [4.78, 5) is 52.8. The second kappa shape index (κ2) is 11.1. The first-order valence-corrected chi connectivity index (χ1v) is 11.5. The molecule has 1 saturated heterocycles. The number of rotatable bonds is 9. The van der Waals surface area contributed by atoms with Crippen molar-refractivity contribution in [1.29, 1.82) is 0 Å². The zero-order chi connectivity index (χ0) is 23.9. The van der Waals surface area contributed by atoms with E-state index in [9.17, 15) is 19.2 Å². The maximum Gasteiger partial charge on any atom is 0.315 e. The summed E-state index contributed by atoms with van der Waals surface area (Å²) < 4.78 is 0. The van der Waals surface area contributed by atoms with Crippen LogP contribution < -0.4 is 21.7 Å². The van der Waals surface area contributed by atoms with Gasteiger partial charge < -0.3 is 26.6 Å². The van der Waals surface area contributed by atoms with E-state index >= 15 is 0 Å². The molecule has 3 unspecified atom stereocenters. The fraction of sp³-hybridized carbons (Fsp3) is 0.545. The minimum atomic E-state index is -0.940. The molecule has 0 saturated carbocycles. The number of hydrogen-bond donors (Lipinski definition) is 4. The topological polar surface area (TPSA) is 134 Å². The molecule has 0 spiro atoms. The number of nitrogens with two attached hydrogens (primary N) is 1. The van der Waals surface area contributed by atoms with E-state index in [-0.39, 0.29) is 30.7 Å². The number of thiophene rings is 1. The number of amides is 5. The van der Waals surface area contributed by atoms with Crippen molar-refractivity contribution in [3.05, 3.63) is 35.0 Å². The molecule has 1 aliphatic rings. The molecule has 176 valence electrons. The van der Waals surface area contributed by atoms with Gasteiger partial charge in [-0.05, 0) is 23.3 Å². The maximum atomic E-state index is 13.3. The number of likely N-dealkylation sites (tertiary alicyclic amines) is 1. The van der Waals surface area contributed by atoms with E-state index in [0.717, 1.165) is 4.88 Å². The van der Waals surface area contributed by atoms with E-state index in [0.29, 0.717) is 13.0 Å². The van der Waals surface area contributed by atoms with Gasteiger partial charge in [0.2, 0.25) is 17.7 Å². The summed E-state index contributed by atoms with van der Waals surface area (Å²) in [5, 5.41) is 9.97. The van der Waals surface area contributed by atoms with E-state index in [1.54, 1.807) is 6.08 Å². The van der Waals surface area contributed by atoms with E-state index in [2.05, 4.69) is 22.5 Å². The van der Waals surface area contributed by atoms with Crippen LogP contribution in [0.1, 0.15) is 38.5 Å². The third-order valence-corrected chi connectivity index (χ3v) is 5.94. The monoisotopic (exact) mass is 463 g/mol. The Morgan fingerprint density at radius 2 is 2.06 bits per heavy atom. The maximum absolute atomic E-state index is 13.3. The van der Waals surface area contributed by atoms with E-state index < -0.39 is 36.0 Å². The second-order valence-electron chi connectivity index (χ2n) is 9.05. The Labute approximate surface area is 192 Å². The average molecular weight is 464 g/mol. The van der Waals surface area contributed by atoms with Crippen LogP contribution in [0, 0.1) is 5.41 Å². The molecule has 1 aliphatic heterocycles. The normalized spacial score (nSPS) is 19.2. The summed E-state index contributed by atoms with van der Waals surface area (Å²) in [6, 6.07) is 0.796. The third-order valence-electron chi connectivity index (χ3n) is 5.04. The van der Waals surface area contributed by atoms with Gasteiger partial charge in [0.15, 0.2) is 0 Å². The van der Waals surface area contributed by atoms with Gasteiger partial charge in [0.25, 0.3) is 0 Å². The average Bonchev–Trinajstić information content (AvgIpc) is 3.34. The molecule has 5 amide bonds. The van der Waals surface area contributed by atoms with Crippen molar-refractivity contribution in [3.8, 4) is 0 Å². The summed E-state index contributed by atoms with van der Waals surface area (Å²) in [6.07, 6.45) is 2.47. The van der Waals surface area contributed by atoms with Crippen LogP contribution in [-0.2, 0) is 20.8 Å². The predicted molar refractivity (Wildman–Crippen MR) is 124 cm³/mol. The highest BCUT2D eigenvalue weighted by molar-refractivity contribution is 7.09. The van der Waals surface area contributed by atoms with Crippen LogP contribution in [-0.4, -0.2) is 59.9 Å². The Morgan fingerprint density at radius 3 is 2.62 bits per heavy atom. The van der Waals surface area contributed by atoms with Gasteiger partial charge in [0.1, 0.15) is 12.1 Å². The molecule has 1 fully saturated rings. The minimum Gasteiger partial charge on any atom is -0.368 e. The Balaban J connectivity index is 2.20. The first-order chi connectivity index (χ1) is 15.0. The van der Waals surface area contributed by atoms with Gasteiger partial charge in [-0.3, -0.25) is 14.4 Å². The molecule has 2 heterocycles. The van der Waals surface area contributed by atoms with Crippen LogP contribution in [0.4, 0.5) is 4.79 Å². The number of urea groups is 1. The van der Waals surface area contributed by atoms with Crippen LogP contribution in [0.5, 0.6) is 0 Å². The van der Waals surface area contributed by atoms with Crippen LogP contribution in [0.3, 0.4) is 0 Å². The van der Waals surface area contributed by atoms with E-state index in [4.69, 9.17) is 5.73 Å². The molecule has 0 radical (unpaired) electrons. The van der Waals surface area contributed by atoms with E-state index in [1.165, 1.54) is 16.2 Å². The van der Waals surface area contributed by atoms with Crippen molar-refractivity contribution in [2.24, 2.45) is 11.1 Å². The van der Waals surface area contributed by atoms with Crippen LogP contribution in [0.25, 0.3) is 0 Å². The van der Waals surface area contributed by atoms with Gasteiger partial charge in [0.05, 0.1) is 6.04 Å². The molecule has 2 rings (SSSR count). The van der Waals surface area contributed by atoms with Gasteiger partial charge in [-0.2, -0.15) is 0 Å². The lowest BCUT2D eigenvalue weighted by atomic mass is 9.91. The molecule has 1 aromatic heterocycles. The van der Waals surface area contributed by atoms with Crippen molar-refractivity contribution in [1.82, 2.24) is 20.9 Å². The SMILES string of the molecule is C=CCNC(=O)NC1CCN(C(=O)CC(C)(C)C)C1C(=O)NC(Cc1cccs1)C(N)=O. The van der Waals surface area contributed by atoms with Crippen molar-refractivity contribution in [3.63, 3.8) is 0 Å². The quantitative estimate of drug-likeness (QED) is 0.409. The fourth-order valence-corrected chi connectivity index (χ4v) is 4.35. The Kier molecular flexibility index (Phi) is 8.82. The molecular formula is C22H33N5O4S. The molecule has 3 atom stereocenters. The lowest BCUT2D eigenvalue weighted by Gasteiger charge is -2.31. The van der Waals surface area contributed by atoms with Crippen molar-refractivity contribution < 1.29 is 19.2 Å². The summed E-state index contributed by atoms with van der Waals surface area (Å²) >= 11 is 1.46. The smallest absolute Gasteiger partial charge is 0.315 e. The lowest BCUT2D eigenvalue weighted by Crippen LogP contribution is -2.59. The third kappa shape index (κ3) is 7.37. The zero-order valence-electron chi connectivity index (χ0n) is 18.8. The number of nitrogens with one attached hydrogen (secondary N) is 3. The van der Waals surface area contributed by atoms with Crippen molar-refractivity contribution in [2.45, 2.75) is 58.2 Å². The van der Waals surface area contributed by atoms with Gasteiger partial charge in [-0.25, -0.2) is 4.79 Å². The second-order valence-corrected chi connectivity index (χ2v) is 10.1. The van der Waals surface area contributed by atoms with Gasteiger partial charge in [0, 0.05) is 30.8 Å². The zero-order valence-corrected chi connectivity index (χ0v) is 19.7. The van der Waals surface area contributed by atoms with Gasteiger partial charge in [-0.15, -0.1) is 17.9 Å². The largest absolute Gasteiger partial charge is 0.368 e.